The van der Waals surface area contributed by atoms with Crippen LogP contribution in [0.15, 0.2) is 12.3 Å². The number of nitrogens with one attached hydrogen (secondary N) is 1. The van der Waals surface area contributed by atoms with Gasteiger partial charge in [0.05, 0.1) is 17.4 Å². The van der Waals surface area contributed by atoms with Gasteiger partial charge in [-0.25, -0.2) is 4.98 Å². The molecule has 5 N–H and O–H groups in total. The SMILES string of the molecule is CC(Nc1ncc(N)cc1C(N)=O)C1CCOCC1. The Balaban J connectivity index is 2.11. The number of hydrogen-bond donors (Lipinski definition) is 3. The number of amides is 1. The molecular weight excluding hydrogens is 244 g/mol. The molecule has 1 aromatic rings. The third kappa shape index (κ3) is 3.35. The minimum absolute atomic E-state index is 0.207. The second-order valence-corrected chi connectivity index (χ2v) is 4.91. The molecule has 1 aliphatic heterocycles. The molecular formula is C13H20N4O2. The van der Waals surface area contributed by atoms with E-state index < -0.39 is 5.91 Å². The van der Waals surface area contributed by atoms with Gasteiger partial charge in [-0.15, -0.1) is 0 Å². The standard InChI is InChI=1S/C13H20N4O2/c1-8(9-2-4-19-5-3-9)17-13-11(12(15)18)6-10(14)7-16-13/h6-9H,2-5,14H2,1H3,(H2,15,18)(H,16,17). The van der Waals surface area contributed by atoms with Crippen LogP contribution < -0.4 is 16.8 Å². The van der Waals surface area contributed by atoms with Crippen molar-refractivity contribution in [1.29, 1.82) is 0 Å². The van der Waals surface area contributed by atoms with Crippen molar-refractivity contribution in [1.82, 2.24) is 4.98 Å². The number of primary amides is 1. The summed E-state index contributed by atoms with van der Waals surface area (Å²) >= 11 is 0. The van der Waals surface area contributed by atoms with E-state index in [1.54, 1.807) is 6.07 Å². The second kappa shape index (κ2) is 5.88. The number of pyridine rings is 1. The van der Waals surface area contributed by atoms with Crippen LogP contribution in [0.2, 0.25) is 0 Å². The highest BCUT2D eigenvalue weighted by molar-refractivity contribution is 5.98. The van der Waals surface area contributed by atoms with Crippen molar-refractivity contribution in [3.05, 3.63) is 17.8 Å². The highest BCUT2D eigenvalue weighted by atomic mass is 16.5. The monoisotopic (exact) mass is 264 g/mol. The largest absolute Gasteiger partial charge is 0.397 e. The lowest BCUT2D eigenvalue weighted by molar-refractivity contribution is 0.0622. The predicted molar refractivity (Wildman–Crippen MR) is 73.8 cm³/mol. The molecule has 1 fully saturated rings. The summed E-state index contributed by atoms with van der Waals surface area (Å²) in [5, 5.41) is 3.27. The van der Waals surface area contributed by atoms with Crippen LogP contribution in [0.5, 0.6) is 0 Å². The van der Waals surface area contributed by atoms with Gasteiger partial charge in [0.25, 0.3) is 5.91 Å². The minimum Gasteiger partial charge on any atom is -0.397 e. The Morgan fingerprint density at radius 1 is 1.53 bits per heavy atom. The number of rotatable bonds is 4. The smallest absolute Gasteiger partial charge is 0.252 e. The summed E-state index contributed by atoms with van der Waals surface area (Å²) in [5.41, 5.74) is 11.7. The molecule has 1 unspecified atom stereocenters. The van der Waals surface area contributed by atoms with Crippen molar-refractivity contribution in [3.63, 3.8) is 0 Å². The van der Waals surface area contributed by atoms with E-state index >= 15 is 0 Å². The molecule has 0 bridgehead atoms. The second-order valence-electron chi connectivity index (χ2n) is 4.91. The highest BCUT2D eigenvalue weighted by Gasteiger charge is 2.22. The van der Waals surface area contributed by atoms with Crippen molar-refractivity contribution in [2.75, 3.05) is 24.3 Å². The predicted octanol–water partition coefficient (Wildman–Crippen LogP) is 0.990. The number of nitrogen functional groups attached to an aromatic ring is 1. The number of nitrogens with zero attached hydrogens (tertiary/aromatic N) is 1. The number of nitrogens with two attached hydrogens (primary N) is 2. The number of anilines is 2. The topological polar surface area (TPSA) is 103 Å². The number of carbonyl (C=O) groups excluding carboxylic acids is 1. The van der Waals surface area contributed by atoms with Crippen LogP contribution in [0.1, 0.15) is 30.1 Å². The molecule has 6 heteroatoms. The average molecular weight is 264 g/mol. The van der Waals surface area contributed by atoms with Gasteiger partial charge in [-0.05, 0) is 31.7 Å². The molecule has 0 aromatic carbocycles. The fourth-order valence-corrected chi connectivity index (χ4v) is 2.33. The van der Waals surface area contributed by atoms with E-state index in [-0.39, 0.29) is 6.04 Å². The molecule has 0 aliphatic carbocycles. The molecule has 1 amide bonds. The normalized spacial score (nSPS) is 17.9. The number of aromatic nitrogens is 1. The van der Waals surface area contributed by atoms with E-state index in [1.807, 2.05) is 0 Å². The van der Waals surface area contributed by atoms with E-state index in [4.69, 9.17) is 16.2 Å². The molecule has 1 atom stereocenters. The van der Waals surface area contributed by atoms with Gasteiger partial charge in [0.15, 0.2) is 0 Å². The fourth-order valence-electron chi connectivity index (χ4n) is 2.33. The molecule has 0 radical (unpaired) electrons. The Hall–Kier alpha value is -1.82. The van der Waals surface area contributed by atoms with E-state index in [9.17, 15) is 4.79 Å². The number of carbonyl (C=O) groups is 1. The highest BCUT2D eigenvalue weighted by Crippen LogP contribution is 2.23. The molecule has 0 saturated carbocycles. The van der Waals surface area contributed by atoms with Gasteiger partial charge in [-0.1, -0.05) is 0 Å². The summed E-state index contributed by atoms with van der Waals surface area (Å²) in [6.07, 6.45) is 3.54. The third-order valence-electron chi connectivity index (χ3n) is 3.51. The van der Waals surface area contributed by atoms with E-state index in [0.29, 0.717) is 23.0 Å². The molecule has 2 heterocycles. The van der Waals surface area contributed by atoms with Gasteiger partial charge >= 0.3 is 0 Å². The third-order valence-corrected chi connectivity index (χ3v) is 3.51. The lowest BCUT2D eigenvalue weighted by Gasteiger charge is -2.29. The van der Waals surface area contributed by atoms with Gasteiger partial charge in [0.1, 0.15) is 5.82 Å². The maximum atomic E-state index is 11.4. The van der Waals surface area contributed by atoms with E-state index in [1.165, 1.54) is 6.20 Å². The van der Waals surface area contributed by atoms with E-state index in [2.05, 4.69) is 17.2 Å². The Kier molecular flexibility index (Phi) is 4.21. The zero-order valence-corrected chi connectivity index (χ0v) is 11.1. The molecule has 0 spiro atoms. The van der Waals surface area contributed by atoms with E-state index in [0.717, 1.165) is 26.1 Å². The van der Waals surface area contributed by atoms with Crippen molar-refractivity contribution >= 4 is 17.4 Å². The number of hydrogen-bond acceptors (Lipinski definition) is 5. The average Bonchev–Trinajstić information content (AvgIpc) is 2.41. The Morgan fingerprint density at radius 3 is 2.84 bits per heavy atom. The first-order valence-electron chi connectivity index (χ1n) is 6.47. The maximum absolute atomic E-state index is 11.4. The van der Waals surface area contributed by atoms with Crippen LogP contribution in [-0.2, 0) is 4.74 Å². The van der Waals surface area contributed by atoms with Crippen LogP contribution >= 0.6 is 0 Å². The van der Waals surface area contributed by atoms with Crippen LogP contribution in [-0.4, -0.2) is 30.1 Å². The summed E-state index contributed by atoms with van der Waals surface area (Å²) in [4.78, 5) is 15.6. The van der Waals surface area contributed by atoms with Crippen LogP contribution in [0.4, 0.5) is 11.5 Å². The van der Waals surface area contributed by atoms with Crippen molar-refractivity contribution in [2.45, 2.75) is 25.8 Å². The lowest BCUT2D eigenvalue weighted by atomic mass is 9.93. The molecule has 1 saturated heterocycles. The fraction of sp³-hybridized carbons (Fsp3) is 0.538. The minimum atomic E-state index is -0.526. The van der Waals surface area contributed by atoms with Gasteiger partial charge in [-0.3, -0.25) is 4.79 Å². The van der Waals surface area contributed by atoms with Crippen LogP contribution in [0.25, 0.3) is 0 Å². The number of ether oxygens (including phenoxy) is 1. The molecule has 2 rings (SSSR count). The first kappa shape index (κ1) is 13.6. The Morgan fingerprint density at radius 2 is 2.21 bits per heavy atom. The van der Waals surface area contributed by atoms with Gasteiger partial charge < -0.3 is 21.5 Å². The zero-order chi connectivity index (χ0) is 13.8. The molecule has 1 aliphatic rings. The van der Waals surface area contributed by atoms with Gasteiger partial charge in [-0.2, -0.15) is 0 Å². The molecule has 1 aromatic heterocycles. The first-order valence-corrected chi connectivity index (χ1v) is 6.47. The first-order chi connectivity index (χ1) is 9.08. The Labute approximate surface area is 112 Å². The van der Waals surface area contributed by atoms with Gasteiger partial charge in [0, 0.05) is 19.3 Å². The Bertz CT molecular complexity index is 458. The van der Waals surface area contributed by atoms with Crippen LogP contribution in [0.3, 0.4) is 0 Å². The zero-order valence-electron chi connectivity index (χ0n) is 11.1. The lowest BCUT2D eigenvalue weighted by Crippen LogP contribution is -2.32. The summed E-state index contributed by atoms with van der Waals surface area (Å²) < 4.78 is 5.34. The summed E-state index contributed by atoms with van der Waals surface area (Å²) in [7, 11) is 0. The summed E-state index contributed by atoms with van der Waals surface area (Å²) in [6, 6.07) is 1.76. The maximum Gasteiger partial charge on any atom is 0.252 e. The molecule has 104 valence electrons. The summed E-state index contributed by atoms with van der Waals surface area (Å²) in [5.74, 6) is 0.482. The molecule has 19 heavy (non-hydrogen) atoms. The van der Waals surface area contributed by atoms with Gasteiger partial charge in [0.2, 0.25) is 0 Å². The van der Waals surface area contributed by atoms with Crippen molar-refractivity contribution in [3.8, 4) is 0 Å². The van der Waals surface area contributed by atoms with Crippen molar-refractivity contribution < 1.29 is 9.53 Å². The summed E-state index contributed by atoms with van der Waals surface area (Å²) in [6.45, 7) is 3.65. The quantitative estimate of drug-likeness (QED) is 0.752. The van der Waals surface area contributed by atoms with Crippen LogP contribution in [0, 0.1) is 5.92 Å². The van der Waals surface area contributed by atoms with Crippen molar-refractivity contribution in [2.24, 2.45) is 11.7 Å². The molecule has 6 nitrogen and oxygen atoms in total.